The van der Waals surface area contributed by atoms with Gasteiger partial charge in [-0.3, -0.25) is 0 Å². The first kappa shape index (κ1) is 15.9. The summed E-state index contributed by atoms with van der Waals surface area (Å²) in [6, 6.07) is 28.0. The standard InChI is InChI=1S/C23H16N2O/c1-26-23-19-13-12-16(15-24)14-20(19)21(17-8-4-2-5-9-17)22(25-23)18-10-6-3-7-11-18/h2-14H,1H3. The maximum atomic E-state index is 9.37. The van der Waals surface area contributed by atoms with Crippen molar-refractivity contribution < 1.29 is 4.74 Å². The monoisotopic (exact) mass is 336 g/mol. The zero-order valence-electron chi connectivity index (χ0n) is 14.3. The second-order valence-corrected chi connectivity index (χ2v) is 5.95. The van der Waals surface area contributed by atoms with Crippen molar-refractivity contribution in [1.29, 1.82) is 5.26 Å². The Bertz CT molecular complexity index is 1110. The number of rotatable bonds is 3. The molecule has 4 rings (SSSR count). The summed E-state index contributed by atoms with van der Waals surface area (Å²) in [5.41, 5.74) is 4.53. The van der Waals surface area contributed by atoms with Gasteiger partial charge in [-0.1, -0.05) is 60.7 Å². The lowest BCUT2D eigenvalue weighted by Crippen LogP contribution is -1.97. The van der Waals surface area contributed by atoms with E-state index in [1.54, 1.807) is 13.2 Å². The van der Waals surface area contributed by atoms with Gasteiger partial charge in [0.15, 0.2) is 0 Å². The fourth-order valence-corrected chi connectivity index (χ4v) is 3.21. The summed E-state index contributed by atoms with van der Waals surface area (Å²) in [5, 5.41) is 11.2. The van der Waals surface area contributed by atoms with Gasteiger partial charge >= 0.3 is 0 Å². The van der Waals surface area contributed by atoms with Gasteiger partial charge in [-0.25, -0.2) is 4.98 Å². The fourth-order valence-electron chi connectivity index (χ4n) is 3.21. The number of hydrogen-bond acceptors (Lipinski definition) is 3. The van der Waals surface area contributed by atoms with Gasteiger partial charge in [-0.15, -0.1) is 0 Å². The minimum absolute atomic E-state index is 0.558. The van der Waals surface area contributed by atoms with E-state index in [0.717, 1.165) is 33.2 Å². The highest BCUT2D eigenvalue weighted by molar-refractivity contribution is 6.05. The molecule has 4 aromatic rings. The first-order valence-electron chi connectivity index (χ1n) is 8.34. The molecule has 3 nitrogen and oxygen atoms in total. The number of hydrogen-bond donors (Lipinski definition) is 0. The molecule has 0 aliphatic carbocycles. The normalized spacial score (nSPS) is 10.5. The number of ether oxygens (including phenoxy) is 1. The SMILES string of the molecule is COc1nc(-c2ccccc2)c(-c2ccccc2)c2cc(C#N)ccc12. The van der Waals surface area contributed by atoms with E-state index in [0.29, 0.717) is 11.4 Å². The van der Waals surface area contributed by atoms with E-state index in [1.165, 1.54) is 0 Å². The van der Waals surface area contributed by atoms with E-state index in [-0.39, 0.29) is 0 Å². The Kier molecular flexibility index (Phi) is 4.09. The highest BCUT2D eigenvalue weighted by Crippen LogP contribution is 2.40. The number of aromatic nitrogens is 1. The maximum absolute atomic E-state index is 9.37. The van der Waals surface area contributed by atoms with Crippen LogP contribution >= 0.6 is 0 Å². The fraction of sp³-hybridized carbons (Fsp3) is 0.0435. The van der Waals surface area contributed by atoms with Gasteiger partial charge in [0.05, 0.1) is 24.4 Å². The second-order valence-electron chi connectivity index (χ2n) is 5.95. The smallest absolute Gasteiger partial charge is 0.221 e. The van der Waals surface area contributed by atoms with Gasteiger partial charge in [0.25, 0.3) is 0 Å². The lowest BCUT2D eigenvalue weighted by molar-refractivity contribution is 0.404. The summed E-state index contributed by atoms with van der Waals surface area (Å²) in [7, 11) is 1.62. The predicted octanol–water partition coefficient (Wildman–Crippen LogP) is 5.45. The number of pyridine rings is 1. The topological polar surface area (TPSA) is 45.9 Å². The van der Waals surface area contributed by atoms with Crippen molar-refractivity contribution in [2.45, 2.75) is 0 Å². The van der Waals surface area contributed by atoms with Gasteiger partial charge in [0.1, 0.15) is 0 Å². The average molecular weight is 336 g/mol. The van der Waals surface area contributed by atoms with Gasteiger partial charge in [-0.2, -0.15) is 5.26 Å². The Labute approximate surface area is 152 Å². The van der Waals surface area contributed by atoms with Crippen LogP contribution in [0.5, 0.6) is 5.88 Å². The van der Waals surface area contributed by atoms with Crippen molar-refractivity contribution in [1.82, 2.24) is 4.98 Å². The minimum atomic E-state index is 0.558. The van der Waals surface area contributed by atoms with E-state index >= 15 is 0 Å². The van der Waals surface area contributed by atoms with E-state index < -0.39 is 0 Å². The first-order chi connectivity index (χ1) is 12.8. The van der Waals surface area contributed by atoms with Crippen LogP contribution in [-0.2, 0) is 0 Å². The van der Waals surface area contributed by atoms with Crippen molar-refractivity contribution in [2.24, 2.45) is 0 Å². The summed E-state index contributed by atoms with van der Waals surface area (Å²) in [6.45, 7) is 0. The number of nitrogens with zero attached hydrogens (tertiary/aromatic N) is 2. The van der Waals surface area contributed by atoms with Gasteiger partial charge in [0.2, 0.25) is 5.88 Å². The molecular formula is C23H16N2O. The Balaban J connectivity index is 2.17. The summed E-state index contributed by atoms with van der Waals surface area (Å²) < 4.78 is 5.56. The van der Waals surface area contributed by atoms with Crippen LogP contribution in [0.4, 0.5) is 0 Å². The van der Waals surface area contributed by atoms with Gasteiger partial charge < -0.3 is 4.74 Å². The lowest BCUT2D eigenvalue weighted by Gasteiger charge is -2.16. The third kappa shape index (κ3) is 2.68. The molecule has 1 aromatic heterocycles. The molecule has 3 aromatic carbocycles. The van der Waals surface area contributed by atoms with Crippen molar-refractivity contribution >= 4 is 10.8 Å². The number of nitriles is 1. The molecule has 0 radical (unpaired) electrons. The molecule has 0 bridgehead atoms. The van der Waals surface area contributed by atoms with Crippen molar-refractivity contribution in [3.63, 3.8) is 0 Å². The highest BCUT2D eigenvalue weighted by atomic mass is 16.5. The molecule has 0 aliphatic heterocycles. The molecule has 26 heavy (non-hydrogen) atoms. The summed E-state index contributed by atoms with van der Waals surface area (Å²) in [4.78, 5) is 4.82. The first-order valence-corrected chi connectivity index (χ1v) is 8.34. The van der Waals surface area contributed by atoms with Crippen LogP contribution < -0.4 is 4.74 Å². The molecule has 0 fully saturated rings. The second kappa shape index (κ2) is 6.70. The zero-order chi connectivity index (χ0) is 17.9. The van der Waals surface area contributed by atoms with Crippen LogP contribution in [0.15, 0.2) is 78.9 Å². The summed E-state index contributed by atoms with van der Waals surface area (Å²) in [6.07, 6.45) is 0. The van der Waals surface area contributed by atoms with Crippen LogP contribution in [0.1, 0.15) is 5.56 Å². The quantitative estimate of drug-likeness (QED) is 0.500. The van der Waals surface area contributed by atoms with Crippen molar-refractivity contribution in [3.8, 4) is 34.3 Å². The molecule has 124 valence electrons. The molecule has 1 heterocycles. The predicted molar refractivity (Wildman–Crippen MR) is 104 cm³/mol. The summed E-state index contributed by atoms with van der Waals surface area (Å²) >= 11 is 0. The largest absolute Gasteiger partial charge is 0.481 e. The maximum Gasteiger partial charge on any atom is 0.221 e. The number of methoxy groups -OCH3 is 1. The molecule has 0 spiro atoms. The Morgan fingerprint density at radius 3 is 2.08 bits per heavy atom. The average Bonchev–Trinajstić information content (AvgIpc) is 2.73. The molecular weight excluding hydrogens is 320 g/mol. The van der Waals surface area contributed by atoms with Crippen LogP contribution in [0.25, 0.3) is 33.2 Å². The van der Waals surface area contributed by atoms with E-state index in [2.05, 4.69) is 18.2 Å². The number of benzene rings is 3. The Morgan fingerprint density at radius 2 is 1.46 bits per heavy atom. The minimum Gasteiger partial charge on any atom is -0.481 e. The number of fused-ring (bicyclic) bond motifs is 1. The molecule has 0 saturated carbocycles. The van der Waals surface area contributed by atoms with Crippen LogP contribution in [-0.4, -0.2) is 12.1 Å². The Hall–Kier alpha value is -3.64. The van der Waals surface area contributed by atoms with Crippen molar-refractivity contribution in [2.75, 3.05) is 7.11 Å². The molecule has 0 unspecified atom stereocenters. The van der Waals surface area contributed by atoms with Crippen LogP contribution in [0, 0.1) is 11.3 Å². The molecule has 0 atom stereocenters. The van der Waals surface area contributed by atoms with Gasteiger partial charge in [0, 0.05) is 16.5 Å². The van der Waals surface area contributed by atoms with Crippen LogP contribution in [0.3, 0.4) is 0 Å². The van der Waals surface area contributed by atoms with E-state index in [1.807, 2.05) is 60.7 Å². The molecule has 0 saturated heterocycles. The molecule has 3 heteroatoms. The third-order valence-electron chi connectivity index (χ3n) is 4.40. The van der Waals surface area contributed by atoms with Gasteiger partial charge in [-0.05, 0) is 29.1 Å². The van der Waals surface area contributed by atoms with Crippen molar-refractivity contribution in [3.05, 3.63) is 84.4 Å². The van der Waals surface area contributed by atoms with E-state index in [4.69, 9.17) is 9.72 Å². The Morgan fingerprint density at radius 1 is 0.808 bits per heavy atom. The molecule has 0 aliphatic rings. The molecule has 0 amide bonds. The summed E-state index contributed by atoms with van der Waals surface area (Å²) in [5.74, 6) is 0.558. The lowest BCUT2D eigenvalue weighted by atomic mass is 9.93. The van der Waals surface area contributed by atoms with Crippen LogP contribution in [0.2, 0.25) is 0 Å². The zero-order valence-corrected chi connectivity index (χ0v) is 14.3. The third-order valence-corrected chi connectivity index (χ3v) is 4.40. The molecule has 0 N–H and O–H groups in total. The van der Waals surface area contributed by atoms with E-state index in [9.17, 15) is 5.26 Å². The highest BCUT2D eigenvalue weighted by Gasteiger charge is 2.17.